The third-order valence-electron chi connectivity index (χ3n) is 5.24. The van der Waals surface area contributed by atoms with Crippen LogP contribution in [0.5, 0.6) is 0 Å². The number of hydrogen-bond donors (Lipinski definition) is 2. The van der Waals surface area contributed by atoms with Crippen molar-refractivity contribution in [1.29, 1.82) is 0 Å². The van der Waals surface area contributed by atoms with Gasteiger partial charge in [-0.3, -0.25) is 9.59 Å². The molecule has 0 bridgehead atoms. The number of nitrogens with zero attached hydrogens (tertiary/aromatic N) is 1. The Labute approximate surface area is 183 Å². The van der Waals surface area contributed by atoms with Crippen LogP contribution in [0.1, 0.15) is 38.3 Å². The monoisotopic (exact) mass is 443 g/mol. The number of amides is 2. The van der Waals surface area contributed by atoms with Crippen molar-refractivity contribution in [2.45, 2.75) is 51.5 Å². The molecule has 0 saturated heterocycles. The average molecular weight is 444 g/mol. The van der Waals surface area contributed by atoms with Crippen molar-refractivity contribution in [3.8, 4) is 0 Å². The molecule has 8 heteroatoms. The standard InChI is InChI=1S/C23H29N3O4S/c1-15(2)12-21(23(28)24-19-7-5-6-16(3)13-19)25-31(29,30)20-8-9-22-18(14-20)10-11-26(22)17(4)27/h5-9,13-15,21,25H,10-12H2,1-4H3,(H,24,28)/t21-/m0/s1. The number of carbonyl (C=O) groups is 2. The summed E-state index contributed by atoms with van der Waals surface area (Å²) in [5.74, 6) is -0.357. The van der Waals surface area contributed by atoms with Crippen LogP contribution in [0.25, 0.3) is 0 Å². The van der Waals surface area contributed by atoms with Crippen LogP contribution in [0.4, 0.5) is 11.4 Å². The highest BCUT2D eigenvalue weighted by Gasteiger charge is 2.29. The fourth-order valence-corrected chi connectivity index (χ4v) is 5.02. The fourth-order valence-electron chi connectivity index (χ4n) is 3.76. The van der Waals surface area contributed by atoms with Gasteiger partial charge in [-0.2, -0.15) is 4.72 Å². The van der Waals surface area contributed by atoms with Gasteiger partial charge in [-0.1, -0.05) is 26.0 Å². The molecule has 3 rings (SSSR count). The van der Waals surface area contributed by atoms with E-state index in [4.69, 9.17) is 0 Å². The van der Waals surface area contributed by atoms with Crippen molar-refractivity contribution in [2.24, 2.45) is 5.92 Å². The molecular weight excluding hydrogens is 414 g/mol. The number of carbonyl (C=O) groups excluding carboxylic acids is 2. The van der Waals surface area contributed by atoms with Gasteiger partial charge in [-0.05, 0) is 67.1 Å². The lowest BCUT2D eigenvalue weighted by atomic mass is 10.0. The van der Waals surface area contributed by atoms with E-state index in [1.807, 2.05) is 39.0 Å². The molecule has 0 radical (unpaired) electrons. The Balaban J connectivity index is 1.82. The first kappa shape index (κ1) is 23.0. The van der Waals surface area contributed by atoms with E-state index in [2.05, 4.69) is 10.0 Å². The molecule has 0 saturated carbocycles. The summed E-state index contributed by atoms with van der Waals surface area (Å²) in [6.45, 7) is 7.83. The summed E-state index contributed by atoms with van der Waals surface area (Å²) in [6.07, 6.45) is 0.960. The van der Waals surface area contributed by atoms with Crippen LogP contribution >= 0.6 is 0 Å². The molecule has 0 fully saturated rings. The molecule has 31 heavy (non-hydrogen) atoms. The average Bonchev–Trinajstić information content (AvgIpc) is 3.10. The molecule has 2 N–H and O–H groups in total. The smallest absolute Gasteiger partial charge is 0.242 e. The quantitative estimate of drug-likeness (QED) is 0.687. The zero-order valence-electron chi connectivity index (χ0n) is 18.3. The van der Waals surface area contributed by atoms with E-state index in [0.29, 0.717) is 25.1 Å². The van der Waals surface area contributed by atoms with Gasteiger partial charge in [0.05, 0.1) is 4.90 Å². The van der Waals surface area contributed by atoms with Crippen LogP contribution in [0, 0.1) is 12.8 Å². The number of rotatable bonds is 7. The van der Waals surface area contributed by atoms with E-state index in [0.717, 1.165) is 16.8 Å². The van der Waals surface area contributed by atoms with E-state index in [9.17, 15) is 18.0 Å². The third kappa shape index (κ3) is 5.51. The number of benzene rings is 2. The van der Waals surface area contributed by atoms with Crippen LogP contribution in [-0.4, -0.2) is 32.8 Å². The van der Waals surface area contributed by atoms with Crippen LogP contribution in [0.3, 0.4) is 0 Å². The lowest BCUT2D eigenvalue weighted by Gasteiger charge is -2.21. The van der Waals surface area contributed by atoms with Gasteiger partial charge in [0.1, 0.15) is 6.04 Å². The van der Waals surface area contributed by atoms with Crippen molar-refractivity contribution in [3.05, 3.63) is 53.6 Å². The molecule has 0 aromatic heterocycles. The van der Waals surface area contributed by atoms with E-state index < -0.39 is 22.0 Å². The number of hydrogen-bond acceptors (Lipinski definition) is 4. The molecule has 1 atom stereocenters. The van der Waals surface area contributed by atoms with E-state index >= 15 is 0 Å². The van der Waals surface area contributed by atoms with Gasteiger partial charge in [0.25, 0.3) is 0 Å². The minimum absolute atomic E-state index is 0.0719. The lowest BCUT2D eigenvalue weighted by molar-refractivity contribution is -0.118. The van der Waals surface area contributed by atoms with E-state index in [1.54, 1.807) is 23.1 Å². The number of anilines is 2. The van der Waals surface area contributed by atoms with E-state index in [-0.39, 0.29) is 16.7 Å². The largest absolute Gasteiger partial charge is 0.325 e. The van der Waals surface area contributed by atoms with Crippen molar-refractivity contribution < 1.29 is 18.0 Å². The number of sulfonamides is 1. The molecule has 2 aromatic carbocycles. The summed E-state index contributed by atoms with van der Waals surface area (Å²) in [6, 6.07) is 11.2. The SMILES string of the molecule is CC(=O)N1CCc2cc(S(=O)(=O)N[C@@H](CC(C)C)C(=O)Nc3cccc(C)c3)ccc21. The summed E-state index contributed by atoms with van der Waals surface area (Å²) in [5, 5.41) is 2.81. The third-order valence-corrected chi connectivity index (χ3v) is 6.71. The maximum absolute atomic E-state index is 13.1. The molecule has 7 nitrogen and oxygen atoms in total. The van der Waals surface area contributed by atoms with Crippen LogP contribution in [0.15, 0.2) is 47.4 Å². The van der Waals surface area contributed by atoms with Crippen LogP contribution in [0.2, 0.25) is 0 Å². The van der Waals surface area contributed by atoms with Crippen molar-refractivity contribution in [2.75, 3.05) is 16.8 Å². The van der Waals surface area contributed by atoms with Crippen LogP contribution in [-0.2, 0) is 26.0 Å². The molecular formula is C23H29N3O4S. The summed E-state index contributed by atoms with van der Waals surface area (Å²) in [4.78, 5) is 26.4. The lowest BCUT2D eigenvalue weighted by Crippen LogP contribution is -2.44. The highest BCUT2D eigenvalue weighted by atomic mass is 32.2. The molecule has 0 spiro atoms. The molecule has 0 aliphatic carbocycles. The molecule has 1 aliphatic heterocycles. The van der Waals surface area contributed by atoms with Crippen LogP contribution < -0.4 is 14.9 Å². The van der Waals surface area contributed by atoms with Gasteiger partial charge in [-0.15, -0.1) is 0 Å². The minimum Gasteiger partial charge on any atom is -0.325 e. The zero-order chi connectivity index (χ0) is 22.8. The normalized spacial score (nSPS) is 14.4. The molecule has 2 amide bonds. The summed E-state index contributed by atoms with van der Waals surface area (Å²) >= 11 is 0. The Hall–Kier alpha value is -2.71. The van der Waals surface area contributed by atoms with Crippen molar-refractivity contribution >= 4 is 33.2 Å². The molecule has 1 heterocycles. The first-order valence-corrected chi connectivity index (χ1v) is 11.9. The van der Waals surface area contributed by atoms with E-state index in [1.165, 1.54) is 13.0 Å². The number of fused-ring (bicyclic) bond motifs is 1. The Morgan fingerprint density at radius 2 is 1.87 bits per heavy atom. The predicted octanol–water partition coefficient (Wildman–Crippen LogP) is 3.24. The Morgan fingerprint density at radius 1 is 1.13 bits per heavy atom. The first-order chi connectivity index (χ1) is 14.6. The molecule has 166 valence electrons. The number of nitrogens with one attached hydrogen (secondary N) is 2. The second-order valence-corrected chi connectivity index (χ2v) is 10.1. The van der Waals surface area contributed by atoms with Gasteiger partial charge in [0.2, 0.25) is 21.8 Å². The zero-order valence-corrected chi connectivity index (χ0v) is 19.1. The highest BCUT2D eigenvalue weighted by Crippen LogP contribution is 2.30. The molecule has 2 aromatic rings. The highest BCUT2D eigenvalue weighted by molar-refractivity contribution is 7.89. The topological polar surface area (TPSA) is 95.6 Å². The Morgan fingerprint density at radius 3 is 2.52 bits per heavy atom. The Bertz CT molecular complexity index is 1100. The maximum Gasteiger partial charge on any atom is 0.242 e. The van der Waals surface area contributed by atoms with Crippen molar-refractivity contribution in [3.63, 3.8) is 0 Å². The van der Waals surface area contributed by atoms with Gasteiger partial charge < -0.3 is 10.2 Å². The minimum atomic E-state index is -3.92. The van der Waals surface area contributed by atoms with Crippen molar-refractivity contribution in [1.82, 2.24) is 4.72 Å². The van der Waals surface area contributed by atoms with Gasteiger partial charge in [0.15, 0.2) is 0 Å². The molecule has 1 aliphatic rings. The second-order valence-electron chi connectivity index (χ2n) is 8.37. The predicted molar refractivity (Wildman–Crippen MR) is 122 cm³/mol. The Kier molecular flexibility index (Phi) is 6.81. The maximum atomic E-state index is 13.1. The summed E-state index contributed by atoms with van der Waals surface area (Å²) < 4.78 is 28.7. The molecule has 0 unspecified atom stereocenters. The summed E-state index contributed by atoms with van der Waals surface area (Å²) in [5.41, 5.74) is 3.17. The second kappa shape index (κ2) is 9.20. The van der Waals surface area contributed by atoms with Gasteiger partial charge >= 0.3 is 0 Å². The van der Waals surface area contributed by atoms with Gasteiger partial charge in [0, 0.05) is 24.8 Å². The summed E-state index contributed by atoms with van der Waals surface area (Å²) in [7, 11) is -3.92. The first-order valence-electron chi connectivity index (χ1n) is 10.4. The fraction of sp³-hybridized carbons (Fsp3) is 0.391. The van der Waals surface area contributed by atoms with Gasteiger partial charge in [-0.25, -0.2) is 8.42 Å². The number of aryl methyl sites for hydroxylation is 1.